The van der Waals surface area contributed by atoms with E-state index in [4.69, 9.17) is 4.74 Å². The van der Waals surface area contributed by atoms with Crippen molar-refractivity contribution in [1.29, 1.82) is 0 Å². The van der Waals surface area contributed by atoms with Crippen LogP contribution in [0.2, 0.25) is 0 Å². The highest BCUT2D eigenvalue weighted by atomic mass is 16.6. The molecule has 0 spiro atoms. The predicted molar refractivity (Wildman–Crippen MR) is 70.5 cm³/mol. The Morgan fingerprint density at radius 3 is 2.74 bits per heavy atom. The fourth-order valence-corrected chi connectivity index (χ4v) is 2.91. The van der Waals surface area contributed by atoms with Crippen molar-refractivity contribution in [3.63, 3.8) is 0 Å². The minimum atomic E-state index is -0.324. The molecule has 4 heteroatoms. The Morgan fingerprint density at radius 2 is 2.00 bits per heavy atom. The molecule has 0 radical (unpaired) electrons. The first kappa shape index (κ1) is 12.2. The summed E-state index contributed by atoms with van der Waals surface area (Å²) in [6, 6.07) is 9.33. The van der Waals surface area contributed by atoms with Crippen molar-refractivity contribution in [2.75, 3.05) is 6.61 Å². The van der Waals surface area contributed by atoms with Crippen LogP contribution in [0.1, 0.15) is 24.4 Å². The Balaban J connectivity index is 1.90. The molecule has 1 aliphatic carbocycles. The molecule has 100 valence electrons. The van der Waals surface area contributed by atoms with Gasteiger partial charge in [0.2, 0.25) is 0 Å². The molecule has 1 fully saturated rings. The zero-order chi connectivity index (χ0) is 13.2. The van der Waals surface area contributed by atoms with E-state index in [0.717, 1.165) is 18.4 Å². The Hall–Kier alpha value is -1.81. The third-order valence-electron chi connectivity index (χ3n) is 3.86. The van der Waals surface area contributed by atoms with Gasteiger partial charge in [-0.2, -0.15) is 0 Å². The first-order chi connectivity index (χ1) is 9.31. The number of carbonyl (C=O) groups is 1. The second kappa shape index (κ2) is 5.05. The number of rotatable bonds is 3. The van der Waals surface area contributed by atoms with Gasteiger partial charge in [-0.05, 0) is 12.0 Å². The van der Waals surface area contributed by atoms with Crippen LogP contribution in [0.25, 0.3) is 0 Å². The molecule has 1 saturated heterocycles. The maximum atomic E-state index is 12.1. The molecule has 1 aromatic rings. The molecule has 1 aromatic carbocycles. The van der Waals surface area contributed by atoms with E-state index in [-0.39, 0.29) is 30.9 Å². The molecule has 19 heavy (non-hydrogen) atoms. The van der Waals surface area contributed by atoms with E-state index in [0.29, 0.717) is 0 Å². The first-order valence-electron chi connectivity index (χ1n) is 6.61. The summed E-state index contributed by atoms with van der Waals surface area (Å²) < 4.78 is 5.41. The van der Waals surface area contributed by atoms with Crippen molar-refractivity contribution in [3.8, 4) is 0 Å². The van der Waals surface area contributed by atoms with Crippen LogP contribution in [0.4, 0.5) is 4.79 Å². The molecular formula is C15H17NO3. The van der Waals surface area contributed by atoms with E-state index in [1.54, 1.807) is 4.90 Å². The van der Waals surface area contributed by atoms with Crippen molar-refractivity contribution in [1.82, 2.24) is 4.90 Å². The van der Waals surface area contributed by atoms with Crippen molar-refractivity contribution in [3.05, 3.63) is 48.0 Å². The van der Waals surface area contributed by atoms with Gasteiger partial charge in [-0.15, -0.1) is 0 Å². The molecule has 1 amide bonds. The maximum absolute atomic E-state index is 12.1. The number of aliphatic hydroxyl groups excluding tert-OH is 1. The minimum Gasteiger partial charge on any atom is -0.444 e. The summed E-state index contributed by atoms with van der Waals surface area (Å²) in [7, 11) is 0. The number of hydrogen-bond acceptors (Lipinski definition) is 3. The summed E-state index contributed by atoms with van der Waals surface area (Å²) in [5, 5.41) is 9.68. The van der Waals surface area contributed by atoms with Gasteiger partial charge < -0.3 is 9.84 Å². The van der Waals surface area contributed by atoms with Crippen molar-refractivity contribution in [2.24, 2.45) is 0 Å². The Bertz CT molecular complexity index is 485. The van der Waals surface area contributed by atoms with Gasteiger partial charge >= 0.3 is 6.09 Å². The largest absolute Gasteiger partial charge is 0.444 e. The number of amides is 1. The lowest BCUT2D eigenvalue weighted by molar-refractivity contribution is 0.115. The predicted octanol–water partition coefficient (Wildman–Crippen LogP) is 2.26. The summed E-state index contributed by atoms with van der Waals surface area (Å²) in [5.41, 5.74) is 0.942. The van der Waals surface area contributed by atoms with Crippen LogP contribution in [0.15, 0.2) is 42.5 Å². The van der Waals surface area contributed by atoms with E-state index in [9.17, 15) is 9.90 Å². The highest BCUT2D eigenvalue weighted by Gasteiger charge is 2.45. The third kappa shape index (κ3) is 2.12. The Kier molecular flexibility index (Phi) is 3.25. The molecule has 3 atom stereocenters. The van der Waals surface area contributed by atoms with E-state index in [1.807, 2.05) is 30.3 Å². The topological polar surface area (TPSA) is 49.8 Å². The maximum Gasteiger partial charge on any atom is 0.411 e. The lowest BCUT2D eigenvalue weighted by atomic mass is 9.95. The standard InChI is InChI=1S/C15H17NO3/c17-10-13(11-6-2-1-3-7-11)16-12-8-4-5-9-14(12)19-15(16)18/h1-7,12-14,17H,8-10H2/t12?,13-,14?/m1/s1. The van der Waals surface area contributed by atoms with E-state index in [2.05, 4.69) is 12.2 Å². The molecule has 1 N–H and O–H groups in total. The lowest BCUT2D eigenvalue weighted by Gasteiger charge is -2.31. The lowest BCUT2D eigenvalue weighted by Crippen LogP contribution is -2.41. The third-order valence-corrected chi connectivity index (χ3v) is 3.86. The number of nitrogens with zero attached hydrogens (tertiary/aromatic N) is 1. The van der Waals surface area contributed by atoms with E-state index < -0.39 is 0 Å². The normalized spacial score (nSPS) is 27.0. The van der Waals surface area contributed by atoms with Crippen molar-refractivity contribution < 1.29 is 14.6 Å². The molecular weight excluding hydrogens is 242 g/mol. The SMILES string of the molecule is O=C1OC2CC=CCC2N1[C@H](CO)c1ccccc1. The van der Waals surface area contributed by atoms with Crippen LogP contribution in [-0.4, -0.2) is 34.9 Å². The van der Waals surface area contributed by atoms with Gasteiger partial charge in [0.25, 0.3) is 0 Å². The van der Waals surface area contributed by atoms with Gasteiger partial charge in [-0.3, -0.25) is 4.90 Å². The first-order valence-corrected chi connectivity index (χ1v) is 6.61. The monoisotopic (exact) mass is 259 g/mol. The molecule has 3 rings (SSSR count). The zero-order valence-electron chi connectivity index (χ0n) is 10.6. The van der Waals surface area contributed by atoms with Crippen LogP contribution in [0.5, 0.6) is 0 Å². The summed E-state index contributed by atoms with van der Waals surface area (Å²) in [6.45, 7) is -0.0912. The second-order valence-electron chi connectivity index (χ2n) is 4.95. The number of hydrogen-bond donors (Lipinski definition) is 1. The van der Waals surface area contributed by atoms with Crippen molar-refractivity contribution in [2.45, 2.75) is 31.0 Å². The summed E-state index contributed by atoms with van der Waals surface area (Å²) in [5.74, 6) is 0. The van der Waals surface area contributed by atoms with Crippen LogP contribution >= 0.6 is 0 Å². The molecule has 4 nitrogen and oxygen atoms in total. The van der Waals surface area contributed by atoms with Gasteiger partial charge in [0, 0.05) is 6.42 Å². The number of carbonyl (C=O) groups excluding carboxylic acids is 1. The highest BCUT2D eigenvalue weighted by molar-refractivity contribution is 5.71. The molecule has 1 heterocycles. The minimum absolute atomic E-state index is 0.0369. The fraction of sp³-hybridized carbons (Fsp3) is 0.400. The van der Waals surface area contributed by atoms with Gasteiger partial charge in [-0.25, -0.2) is 4.79 Å². The fourth-order valence-electron chi connectivity index (χ4n) is 2.91. The van der Waals surface area contributed by atoms with Gasteiger partial charge in [0.05, 0.1) is 18.7 Å². The second-order valence-corrected chi connectivity index (χ2v) is 4.95. The quantitative estimate of drug-likeness (QED) is 0.847. The molecule has 1 aliphatic heterocycles. The summed E-state index contributed by atoms with van der Waals surface area (Å²) in [4.78, 5) is 13.8. The van der Waals surface area contributed by atoms with E-state index >= 15 is 0 Å². The molecule has 0 saturated carbocycles. The van der Waals surface area contributed by atoms with Crippen molar-refractivity contribution >= 4 is 6.09 Å². The Morgan fingerprint density at radius 1 is 1.26 bits per heavy atom. The van der Waals surface area contributed by atoms with Crippen LogP contribution in [0, 0.1) is 0 Å². The molecule has 0 aromatic heterocycles. The van der Waals surface area contributed by atoms with Crippen LogP contribution in [-0.2, 0) is 4.74 Å². The van der Waals surface area contributed by atoms with Crippen LogP contribution < -0.4 is 0 Å². The highest BCUT2D eigenvalue weighted by Crippen LogP contribution is 2.35. The molecule has 2 aliphatic rings. The summed E-state index contributed by atoms with van der Waals surface area (Å²) >= 11 is 0. The molecule has 0 bridgehead atoms. The average molecular weight is 259 g/mol. The summed E-state index contributed by atoms with van der Waals surface area (Å²) in [6.07, 6.45) is 5.29. The van der Waals surface area contributed by atoms with Gasteiger partial charge in [-0.1, -0.05) is 42.5 Å². The zero-order valence-corrected chi connectivity index (χ0v) is 10.6. The molecule has 2 unspecified atom stereocenters. The van der Waals surface area contributed by atoms with Gasteiger partial charge in [0.15, 0.2) is 0 Å². The number of benzene rings is 1. The number of fused-ring (bicyclic) bond motifs is 1. The Labute approximate surface area is 112 Å². The average Bonchev–Trinajstić information content (AvgIpc) is 2.78. The number of aliphatic hydroxyl groups is 1. The smallest absolute Gasteiger partial charge is 0.411 e. The van der Waals surface area contributed by atoms with E-state index in [1.165, 1.54) is 0 Å². The van der Waals surface area contributed by atoms with Gasteiger partial charge in [0.1, 0.15) is 6.10 Å². The number of ether oxygens (including phenoxy) is 1. The van der Waals surface area contributed by atoms with Crippen LogP contribution in [0.3, 0.4) is 0 Å².